The van der Waals surface area contributed by atoms with Gasteiger partial charge in [-0.25, -0.2) is 4.98 Å². The molecule has 0 amide bonds. The summed E-state index contributed by atoms with van der Waals surface area (Å²) in [6, 6.07) is 16.0. The highest BCUT2D eigenvalue weighted by molar-refractivity contribution is 8.03. The van der Waals surface area contributed by atoms with Gasteiger partial charge in [0.1, 0.15) is 0 Å². The van der Waals surface area contributed by atoms with Gasteiger partial charge in [0.05, 0.1) is 6.33 Å². The number of rotatable bonds is 7. The van der Waals surface area contributed by atoms with E-state index in [2.05, 4.69) is 33.8 Å². The van der Waals surface area contributed by atoms with Crippen LogP contribution in [-0.2, 0) is 6.54 Å². The molecule has 1 unspecified atom stereocenters. The lowest BCUT2D eigenvalue weighted by molar-refractivity contribution is 0.695. The maximum absolute atomic E-state index is 5.98. The molecule has 0 N–H and O–H groups in total. The fourth-order valence-corrected chi connectivity index (χ4v) is 4.64. The summed E-state index contributed by atoms with van der Waals surface area (Å²) < 4.78 is 2.12. The first-order chi connectivity index (χ1) is 11.7. The van der Waals surface area contributed by atoms with Crippen molar-refractivity contribution in [1.82, 2.24) is 9.55 Å². The molecule has 0 spiro atoms. The highest BCUT2D eigenvalue weighted by Gasteiger charge is 2.12. The fraction of sp³-hybridized carbons (Fsp3) is 0.167. The van der Waals surface area contributed by atoms with E-state index in [1.165, 1.54) is 9.79 Å². The number of nitrogens with zero attached hydrogens (tertiary/aromatic N) is 2. The smallest absolute Gasteiger partial charge is 0.0946 e. The second-order valence-electron chi connectivity index (χ2n) is 5.22. The summed E-state index contributed by atoms with van der Waals surface area (Å²) >= 11 is 15.6. The van der Waals surface area contributed by atoms with Gasteiger partial charge in [-0.1, -0.05) is 23.2 Å². The Morgan fingerprint density at radius 1 is 0.917 bits per heavy atom. The van der Waals surface area contributed by atoms with E-state index in [0.29, 0.717) is 5.25 Å². The standard InChI is InChI=1S/C18H16Cl2N2S2/c19-14-1-5-16(6-2-14)23-12-18(11-22-10-9-21-13-22)24-17-7-3-15(20)4-8-17/h1-10,13,18H,11-12H2. The van der Waals surface area contributed by atoms with Crippen LogP contribution >= 0.6 is 46.7 Å². The quantitative estimate of drug-likeness (QED) is 0.447. The Kier molecular flexibility index (Phi) is 6.55. The summed E-state index contributed by atoms with van der Waals surface area (Å²) in [5, 5.41) is 1.95. The number of benzene rings is 2. The van der Waals surface area contributed by atoms with Crippen molar-refractivity contribution >= 4 is 46.7 Å². The number of aromatic nitrogens is 2. The third kappa shape index (κ3) is 5.49. The van der Waals surface area contributed by atoms with Gasteiger partial charge in [-0.2, -0.15) is 0 Å². The molecular formula is C18H16Cl2N2S2. The Morgan fingerprint density at radius 3 is 2.12 bits per heavy atom. The highest BCUT2D eigenvalue weighted by atomic mass is 35.5. The van der Waals surface area contributed by atoms with Crippen molar-refractivity contribution in [2.45, 2.75) is 21.6 Å². The molecule has 124 valence electrons. The number of hydrogen-bond acceptors (Lipinski definition) is 3. The lowest BCUT2D eigenvalue weighted by atomic mass is 10.4. The van der Waals surface area contributed by atoms with Crippen LogP contribution in [0, 0.1) is 0 Å². The van der Waals surface area contributed by atoms with Gasteiger partial charge < -0.3 is 4.57 Å². The van der Waals surface area contributed by atoms with Crippen LogP contribution in [0.4, 0.5) is 0 Å². The Labute approximate surface area is 160 Å². The molecule has 2 nitrogen and oxygen atoms in total. The molecule has 0 saturated heterocycles. The molecule has 0 fully saturated rings. The SMILES string of the molecule is Clc1ccc(SCC(Cn2ccnc2)Sc2ccc(Cl)cc2)cc1. The van der Waals surface area contributed by atoms with Crippen LogP contribution in [0.5, 0.6) is 0 Å². The van der Waals surface area contributed by atoms with Crippen LogP contribution in [0.15, 0.2) is 77.0 Å². The van der Waals surface area contributed by atoms with Crippen molar-refractivity contribution in [3.8, 4) is 0 Å². The maximum atomic E-state index is 5.98. The lowest BCUT2D eigenvalue weighted by Gasteiger charge is -2.17. The van der Waals surface area contributed by atoms with Gasteiger partial charge in [0.25, 0.3) is 0 Å². The molecular weight excluding hydrogens is 379 g/mol. The zero-order chi connectivity index (χ0) is 16.8. The number of halogens is 2. The van der Waals surface area contributed by atoms with Crippen LogP contribution < -0.4 is 0 Å². The van der Waals surface area contributed by atoms with E-state index >= 15 is 0 Å². The maximum Gasteiger partial charge on any atom is 0.0946 e. The largest absolute Gasteiger partial charge is 0.336 e. The molecule has 0 radical (unpaired) electrons. The molecule has 3 aromatic rings. The molecule has 1 atom stereocenters. The zero-order valence-electron chi connectivity index (χ0n) is 12.8. The first kappa shape index (κ1) is 17.7. The average Bonchev–Trinajstić information content (AvgIpc) is 3.09. The predicted octanol–water partition coefficient (Wildman–Crippen LogP) is 6.14. The van der Waals surface area contributed by atoms with E-state index < -0.39 is 0 Å². The number of hydrogen-bond donors (Lipinski definition) is 0. The topological polar surface area (TPSA) is 17.8 Å². The highest BCUT2D eigenvalue weighted by Crippen LogP contribution is 2.31. The third-order valence-corrected chi connectivity index (χ3v) is 6.42. The zero-order valence-corrected chi connectivity index (χ0v) is 16.0. The monoisotopic (exact) mass is 394 g/mol. The van der Waals surface area contributed by atoms with E-state index in [9.17, 15) is 0 Å². The molecule has 0 bridgehead atoms. The summed E-state index contributed by atoms with van der Waals surface area (Å²) in [4.78, 5) is 6.59. The summed E-state index contributed by atoms with van der Waals surface area (Å²) in [5.74, 6) is 0.993. The van der Waals surface area contributed by atoms with Gasteiger partial charge in [-0.05, 0) is 48.5 Å². The number of thioether (sulfide) groups is 2. The van der Waals surface area contributed by atoms with Crippen molar-refractivity contribution in [3.63, 3.8) is 0 Å². The lowest BCUT2D eigenvalue weighted by Crippen LogP contribution is -2.14. The summed E-state index contributed by atoms with van der Waals surface area (Å²) in [6.07, 6.45) is 5.68. The van der Waals surface area contributed by atoms with Crippen molar-refractivity contribution in [2.75, 3.05) is 5.75 Å². The second kappa shape index (κ2) is 8.86. The molecule has 0 aliphatic heterocycles. The molecule has 6 heteroatoms. The van der Waals surface area contributed by atoms with E-state index in [0.717, 1.165) is 22.3 Å². The predicted molar refractivity (Wildman–Crippen MR) is 106 cm³/mol. The van der Waals surface area contributed by atoms with Gasteiger partial charge in [0.15, 0.2) is 0 Å². The van der Waals surface area contributed by atoms with Crippen LogP contribution in [0.1, 0.15) is 0 Å². The normalized spacial score (nSPS) is 12.2. The fourth-order valence-electron chi connectivity index (χ4n) is 2.18. The Bertz CT molecular complexity index is 744. The Morgan fingerprint density at radius 2 is 1.54 bits per heavy atom. The van der Waals surface area contributed by atoms with Crippen LogP contribution in [0.3, 0.4) is 0 Å². The first-order valence-electron chi connectivity index (χ1n) is 7.45. The minimum atomic E-state index is 0.418. The van der Waals surface area contributed by atoms with Crippen molar-refractivity contribution in [3.05, 3.63) is 77.3 Å². The number of imidazole rings is 1. The average molecular weight is 395 g/mol. The van der Waals surface area contributed by atoms with E-state index in [1.807, 2.05) is 66.5 Å². The van der Waals surface area contributed by atoms with Crippen molar-refractivity contribution in [1.29, 1.82) is 0 Å². The van der Waals surface area contributed by atoms with Gasteiger partial charge in [-0.3, -0.25) is 0 Å². The van der Waals surface area contributed by atoms with Gasteiger partial charge in [0.2, 0.25) is 0 Å². The summed E-state index contributed by atoms with van der Waals surface area (Å²) in [5.41, 5.74) is 0. The van der Waals surface area contributed by atoms with Gasteiger partial charge in [-0.15, -0.1) is 23.5 Å². The van der Waals surface area contributed by atoms with Gasteiger partial charge >= 0.3 is 0 Å². The molecule has 3 rings (SSSR count). The van der Waals surface area contributed by atoms with Crippen molar-refractivity contribution < 1.29 is 0 Å². The summed E-state index contributed by atoms with van der Waals surface area (Å²) in [7, 11) is 0. The minimum Gasteiger partial charge on any atom is -0.336 e. The molecule has 2 aromatic carbocycles. The molecule has 24 heavy (non-hydrogen) atoms. The third-order valence-electron chi connectivity index (χ3n) is 3.34. The van der Waals surface area contributed by atoms with Crippen LogP contribution in [0.2, 0.25) is 10.0 Å². The van der Waals surface area contributed by atoms with E-state index in [1.54, 1.807) is 0 Å². The first-order valence-corrected chi connectivity index (χ1v) is 10.1. The molecule has 1 heterocycles. The second-order valence-corrected chi connectivity index (χ2v) is 8.56. The van der Waals surface area contributed by atoms with E-state index in [4.69, 9.17) is 23.2 Å². The van der Waals surface area contributed by atoms with Crippen molar-refractivity contribution in [2.24, 2.45) is 0 Å². The van der Waals surface area contributed by atoms with E-state index in [-0.39, 0.29) is 0 Å². The Hall–Kier alpha value is -1.07. The van der Waals surface area contributed by atoms with Gasteiger partial charge in [0, 0.05) is 49.8 Å². The van der Waals surface area contributed by atoms with Crippen LogP contribution in [-0.4, -0.2) is 20.6 Å². The minimum absolute atomic E-state index is 0.418. The molecule has 0 aliphatic carbocycles. The molecule has 0 saturated carbocycles. The van der Waals surface area contributed by atoms with Crippen LogP contribution in [0.25, 0.3) is 0 Å². The molecule has 0 aliphatic rings. The Balaban J connectivity index is 1.66. The summed E-state index contributed by atoms with van der Waals surface area (Å²) in [6.45, 7) is 0.911. The molecule has 1 aromatic heterocycles.